The highest BCUT2D eigenvalue weighted by molar-refractivity contribution is 6.74. The Bertz CT molecular complexity index is 931. The fourth-order valence-electron chi connectivity index (χ4n) is 8.56. The van der Waals surface area contributed by atoms with E-state index in [9.17, 15) is 4.79 Å². The molecule has 0 aromatic carbocycles. The van der Waals surface area contributed by atoms with E-state index in [1.807, 2.05) is 0 Å². The fraction of sp³-hybridized carbons (Fsp3) is 0.828. The molecule has 3 saturated carbocycles. The van der Waals surface area contributed by atoms with Crippen LogP contribution in [0.25, 0.3) is 0 Å². The van der Waals surface area contributed by atoms with Gasteiger partial charge in [-0.2, -0.15) is 0 Å². The van der Waals surface area contributed by atoms with E-state index in [0.717, 1.165) is 31.6 Å². The van der Waals surface area contributed by atoms with Crippen molar-refractivity contribution in [3.8, 4) is 0 Å². The molecule has 0 radical (unpaired) electrons. The molecule has 5 rings (SSSR count). The summed E-state index contributed by atoms with van der Waals surface area (Å²) in [5, 5.41) is 0.253. The molecule has 0 spiro atoms. The van der Waals surface area contributed by atoms with E-state index in [4.69, 9.17) is 13.9 Å². The van der Waals surface area contributed by atoms with Crippen LogP contribution >= 0.6 is 0 Å². The van der Waals surface area contributed by atoms with Crippen molar-refractivity contribution in [2.75, 3.05) is 7.11 Å². The lowest BCUT2D eigenvalue weighted by atomic mass is 9.47. The molecule has 5 aliphatic rings. The maximum atomic E-state index is 12.4. The van der Waals surface area contributed by atoms with Crippen LogP contribution in [0.5, 0.6) is 0 Å². The highest BCUT2D eigenvalue weighted by atomic mass is 28.4. The van der Waals surface area contributed by atoms with Gasteiger partial charge in [-0.05, 0) is 86.2 Å². The highest BCUT2D eigenvalue weighted by Crippen LogP contribution is 2.74. The molecule has 0 amide bonds. The van der Waals surface area contributed by atoms with Crippen LogP contribution in [0.2, 0.25) is 18.1 Å². The van der Waals surface area contributed by atoms with E-state index < -0.39 is 13.9 Å². The lowest BCUT2D eigenvalue weighted by molar-refractivity contribution is -0.138. The molecule has 0 aromatic rings. The van der Waals surface area contributed by atoms with Crippen molar-refractivity contribution in [2.45, 2.75) is 116 Å². The summed E-state index contributed by atoms with van der Waals surface area (Å²) in [7, 11) is -0.306. The minimum atomic E-state index is -1.76. The first-order valence-corrected chi connectivity index (χ1v) is 16.4. The van der Waals surface area contributed by atoms with Gasteiger partial charge >= 0.3 is 5.97 Å². The number of hydrogen-bond donors (Lipinski definition) is 0. The molecule has 4 fully saturated rings. The number of allylic oxidation sites excluding steroid dienone is 1. The second-order valence-corrected chi connectivity index (χ2v) is 18.8. The zero-order valence-electron chi connectivity index (χ0n) is 22.8. The summed E-state index contributed by atoms with van der Waals surface area (Å²) in [5.41, 5.74) is 1.99. The first kappa shape index (κ1) is 24.8. The second-order valence-electron chi connectivity index (χ2n) is 14.0. The largest absolute Gasteiger partial charge is 0.466 e. The smallest absolute Gasteiger partial charge is 0.336 e. The molecule has 190 valence electrons. The van der Waals surface area contributed by atoms with E-state index in [2.05, 4.69) is 60.4 Å². The van der Waals surface area contributed by atoms with Crippen molar-refractivity contribution in [2.24, 2.45) is 28.6 Å². The lowest BCUT2D eigenvalue weighted by Gasteiger charge is -2.59. The molecule has 34 heavy (non-hydrogen) atoms. The predicted octanol–water partition coefficient (Wildman–Crippen LogP) is 6.82. The predicted molar refractivity (Wildman–Crippen MR) is 138 cm³/mol. The van der Waals surface area contributed by atoms with Crippen molar-refractivity contribution in [1.82, 2.24) is 0 Å². The molecule has 8 atom stereocenters. The average Bonchev–Trinajstić information content (AvgIpc) is 3.43. The molecular weight excluding hydrogens is 440 g/mol. The number of hydrogen-bond acceptors (Lipinski definition) is 4. The molecule has 0 aromatic heterocycles. The number of epoxide rings is 1. The summed E-state index contributed by atoms with van der Waals surface area (Å²) < 4.78 is 18.2. The normalized spacial score (nSPS) is 45.3. The number of carbonyl (C=O) groups is 1. The van der Waals surface area contributed by atoms with Crippen LogP contribution in [0.15, 0.2) is 23.8 Å². The number of esters is 1. The third kappa shape index (κ3) is 3.18. The van der Waals surface area contributed by atoms with E-state index in [0.29, 0.717) is 23.5 Å². The van der Waals surface area contributed by atoms with Crippen LogP contribution in [0.3, 0.4) is 0 Å². The Kier molecular flexibility index (Phi) is 5.50. The number of methoxy groups -OCH3 is 1. The molecule has 1 aliphatic heterocycles. The molecule has 0 unspecified atom stereocenters. The van der Waals surface area contributed by atoms with Crippen LogP contribution in [0.4, 0.5) is 0 Å². The van der Waals surface area contributed by atoms with Crippen molar-refractivity contribution in [3.05, 3.63) is 23.8 Å². The fourth-order valence-corrected chi connectivity index (χ4v) is 9.95. The van der Waals surface area contributed by atoms with Gasteiger partial charge in [0.25, 0.3) is 0 Å². The molecule has 1 saturated heterocycles. The van der Waals surface area contributed by atoms with E-state index in [1.165, 1.54) is 26.4 Å². The topological polar surface area (TPSA) is 48.1 Å². The van der Waals surface area contributed by atoms with Crippen molar-refractivity contribution >= 4 is 14.3 Å². The molecule has 0 N–H and O–H groups in total. The summed E-state index contributed by atoms with van der Waals surface area (Å²) in [6.07, 6.45) is 11.2. The zero-order valence-corrected chi connectivity index (χ0v) is 23.8. The van der Waals surface area contributed by atoms with Gasteiger partial charge in [0.2, 0.25) is 0 Å². The van der Waals surface area contributed by atoms with E-state index >= 15 is 0 Å². The lowest BCUT2D eigenvalue weighted by Crippen LogP contribution is -2.54. The maximum absolute atomic E-state index is 12.4. The van der Waals surface area contributed by atoms with Gasteiger partial charge < -0.3 is 13.9 Å². The highest BCUT2D eigenvalue weighted by Gasteiger charge is 2.79. The Morgan fingerprint density at radius 3 is 2.53 bits per heavy atom. The standard InChI is InChI=1S/C29H46O4Si/c1-18(25(30)31-7)29-24(32-29)17-23-21-11-10-19-16-20(33-34(8,9)26(2,3)4)12-14-27(19,5)22(21)13-15-28(23,29)6/h10,20-24H,1,11-17H2,2-9H3/t20-,21+,22-,23-,24+,27-,28-,29+/m0/s1. The monoisotopic (exact) mass is 486 g/mol. The Hall–Kier alpha value is -0.913. The van der Waals surface area contributed by atoms with E-state index in [1.54, 1.807) is 5.57 Å². The van der Waals surface area contributed by atoms with Gasteiger partial charge in [0.1, 0.15) is 5.60 Å². The Labute approximate surface area is 208 Å². The molecule has 1 heterocycles. The van der Waals surface area contributed by atoms with Crippen LogP contribution in [-0.4, -0.2) is 39.2 Å². The van der Waals surface area contributed by atoms with Gasteiger partial charge in [0.15, 0.2) is 8.32 Å². The summed E-state index contributed by atoms with van der Waals surface area (Å²) >= 11 is 0. The molecule has 4 aliphatic carbocycles. The van der Waals surface area contributed by atoms with Gasteiger partial charge in [-0.15, -0.1) is 0 Å². The SMILES string of the molecule is C=C(C(=O)OC)[C@@]12O[C@@H]1C[C@H]1[C@@H]3CC=C4C[C@@H](O[Si](C)(C)C(C)(C)C)CC[C@]4(C)[C@H]3CC[C@@]12C. The third-order valence-electron chi connectivity index (χ3n) is 11.6. The zero-order chi connectivity index (χ0) is 24.9. The van der Waals surface area contributed by atoms with Gasteiger partial charge in [-0.3, -0.25) is 0 Å². The first-order valence-electron chi connectivity index (χ1n) is 13.5. The first-order chi connectivity index (χ1) is 15.7. The maximum Gasteiger partial charge on any atom is 0.336 e. The van der Waals surface area contributed by atoms with Gasteiger partial charge in [0.05, 0.1) is 18.8 Å². The van der Waals surface area contributed by atoms with Crippen molar-refractivity contribution in [3.63, 3.8) is 0 Å². The summed E-state index contributed by atoms with van der Waals surface area (Å²) in [5.74, 6) is 1.68. The van der Waals surface area contributed by atoms with Crippen LogP contribution in [0.1, 0.15) is 79.6 Å². The Morgan fingerprint density at radius 2 is 1.88 bits per heavy atom. The molecular formula is C29H46O4Si. The summed E-state index contributed by atoms with van der Waals surface area (Å²) in [6.45, 7) is 20.9. The van der Waals surface area contributed by atoms with Crippen LogP contribution in [-0.2, 0) is 18.7 Å². The summed E-state index contributed by atoms with van der Waals surface area (Å²) in [6, 6.07) is 0. The second kappa shape index (κ2) is 7.55. The third-order valence-corrected chi connectivity index (χ3v) is 16.2. The van der Waals surface area contributed by atoms with Crippen molar-refractivity contribution < 1.29 is 18.7 Å². The van der Waals surface area contributed by atoms with Gasteiger partial charge in [0, 0.05) is 11.5 Å². The quantitative estimate of drug-likeness (QED) is 0.144. The molecule has 5 heteroatoms. The van der Waals surface area contributed by atoms with Gasteiger partial charge in [-0.25, -0.2) is 4.79 Å². The molecule has 4 nitrogen and oxygen atoms in total. The number of fused-ring (bicyclic) bond motifs is 7. The summed E-state index contributed by atoms with van der Waals surface area (Å²) in [4.78, 5) is 12.4. The molecule has 0 bridgehead atoms. The minimum Gasteiger partial charge on any atom is -0.466 e. The van der Waals surface area contributed by atoms with Gasteiger partial charge in [-0.1, -0.05) is 52.8 Å². The van der Waals surface area contributed by atoms with Crippen LogP contribution < -0.4 is 0 Å². The number of ether oxygens (including phenoxy) is 2. The van der Waals surface area contributed by atoms with Crippen LogP contribution in [0, 0.1) is 28.6 Å². The van der Waals surface area contributed by atoms with Crippen molar-refractivity contribution in [1.29, 1.82) is 0 Å². The average molecular weight is 487 g/mol. The van der Waals surface area contributed by atoms with E-state index in [-0.39, 0.29) is 27.9 Å². The Balaban J connectivity index is 1.37. The number of carbonyl (C=O) groups excluding carboxylic acids is 1. The number of rotatable bonds is 4. The Morgan fingerprint density at radius 1 is 1.18 bits per heavy atom. The minimum absolute atomic E-state index is 0.0194.